The van der Waals surface area contributed by atoms with E-state index in [1.165, 1.54) is 25.7 Å². The first-order valence-corrected chi connectivity index (χ1v) is 7.24. The van der Waals surface area contributed by atoms with Crippen LogP contribution in [0.2, 0.25) is 0 Å². The number of rotatable bonds is 11. The van der Waals surface area contributed by atoms with E-state index in [-0.39, 0.29) is 5.91 Å². The largest absolute Gasteiger partial charge is 0.379 e. The molecule has 1 aliphatic carbocycles. The lowest BCUT2D eigenvalue weighted by molar-refractivity contribution is -0.128. The summed E-state index contributed by atoms with van der Waals surface area (Å²) in [7, 11) is 1.80. The van der Waals surface area contributed by atoms with Gasteiger partial charge in [0.25, 0.3) is 0 Å². The van der Waals surface area contributed by atoms with Crippen LogP contribution < -0.4 is 11.1 Å². The maximum absolute atomic E-state index is 11.6. The average molecular weight is 256 g/mol. The number of hydrogen-bond acceptors (Lipinski definition) is 3. The van der Waals surface area contributed by atoms with Crippen LogP contribution in [0.4, 0.5) is 0 Å². The first-order chi connectivity index (χ1) is 8.67. The molecule has 3 N–H and O–H groups in total. The van der Waals surface area contributed by atoms with Crippen LogP contribution in [0, 0.1) is 5.92 Å². The molecule has 106 valence electrons. The summed E-state index contributed by atoms with van der Waals surface area (Å²) in [5.74, 6) is 0.0820. The maximum atomic E-state index is 11.6. The van der Waals surface area contributed by atoms with E-state index in [2.05, 4.69) is 12.2 Å². The molecule has 1 rings (SSSR count). The average Bonchev–Trinajstić information content (AvgIpc) is 3.17. The zero-order chi connectivity index (χ0) is 13.4. The second kappa shape index (κ2) is 7.74. The summed E-state index contributed by atoms with van der Waals surface area (Å²) in [5.41, 5.74) is 4.89. The molecule has 0 aromatic carbocycles. The summed E-state index contributed by atoms with van der Waals surface area (Å²) in [5, 5.41) is 3.09. The molecule has 0 heterocycles. The second-order valence-corrected chi connectivity index (χ2v) is 5.33. The Labute approximate surface area is 111 Å². The third-order valence-corrected chi connectivity index (χ3v) is 3.88. The van der Waals surface area contributed by atoms with Crippen molar-refractivity contribution in [3.05, 3.63) is 0 Å². The first kappa shape index (κ1) is 15.4. The monoisotopic (exact) mass is 256 g/mol. The molecule has 1 aliphatic rings. The van der Waals surface area contributed by atoms with Crippen LogP contribution in [0.1, 0.15) is 51.9 Å². The molecule has 0 spiro atoms. The van der Waals surface area contributed by atoms with Gasteiger partial charge in [-0.1, -0.05) is 32.6 Å². The van der Waals surface area contributed by atoms with E-state index in [0.717, 1.165) is 25.9 Å². The molecule has 0 aromatic rings. The van der Waals surface area contributed by atoms with Crippen LogP contribution >= 0.6 is 0 Å². The molecule has 1 unspecified atom stereocenters. The summed E-state index contributed by atoms with van der Waals surface area (Å²) < 4.78 is 5.67. The Kier molecular flexibility index (Phi) is 6.65. The number of primary amides is 1. The van der Waals surface area contributed by atoms with E-state index in [1.807, 2.05) is 0 Å². The molecule has 1 fully saturated rings. The summed E-state index contributed by atoms with van der Waals surface area (Å²) >= 11 is 0. The SMILES string of the molecule is CCCCCCCOCC(NC)(C(N)=O)C1CC1. The highest BCUT2D eigenvalue weighted by molar-refractivity contribution is 5.85. The predicted molar refractivity (Wildman–Crippen MR) is 73.3 cm³/mol. The number of nitrogens with one attached hydrogen (secondary N) is 1. The number of ether oxygens (including phenoxy) is 1. The minimum atomic E-state index is -0.635. The van der Waals surface area contributed by atoms with E-state index in [1.54, 1.807) is 7.05 Å². The first-order valence-electron chi connectivity index (χ1n) is 7.24. The third-order valence-electron chi connectivity index (χ3n) is 3.88. The van der Waals surface area contributed by atoms with Crippen molar-refractivity contribution in [3.8, 4) is 0 Å². The van der Waals surface area contributed by atoms with Crippen molar-refractivity contribution in [2.75, 3.05) is 20.3 Å². The van der Waals surface area contributed by atoms with E-state index < -0.39 is 5.54 Å². The number of amides is 1. The zero-order valence-corrected chi connectivity index (χ0v) is 11.8. The zero-order valence-electron chi connectivity index (χ0n) is 11.8. The Hall–Kier alpha value is -0.610. The highest BCUT2D eigenvalue weighted by atomic mass is 16.5. The number of unbranched alkanes of at least 4 members (excludes halogenated alkanes) is 4. The maximum Gasteiger partial charge on any atom is 0.240 e. The third kappa shape index (κ3) is 4.25. The van der Waals surface area contributed by atoms with Gasteiger partial charge in [0.1, 0.15) is 5.54 Å². The minimum absolute atomic E-state index is 0.279. The Morgan fingerprint density at radius 3 is 2.50 bits per heavy atom. The number of carbonyl (C=O) groups is 1. The van der Waals surface area contributed by atoms with Crippen molar-refractivity contribution in [2.45, 2.75) is 57.4 Å². The fourth-order valence-electron chi connectivity index (χ4n) is 2.41. The molecular formula is C14H28N2O2. The Balaban J connectivity index is 2.20. The normalized spacial score (nSPS) is 18.6. The van der Waals surface area contributed by atoms with Crippen LogP contribution in [-0.4, -0.2) is 31.7 Å². The van der Waals surface area contributed by atoms with Crippen molar-refractivity contribution >= 4 is 5.91 Å². The molecule has 1 amide bonds. The molecule has 1 saturated carbocycles. The lowest BCUT2D eigenvalue weighted by Gasteiger charge is -2.30. The van der Waals surface area contributed by atoms with Gasteiger partial charge in [-0.25, -0.2) is 0 Å². The molecule has 0 radical (unpaired) electrons. The van der Waals surface area contributed by atoms with E-state index in [0.29, 0.717) is 12.5 Å². The van der Waals surface area contributed by atoms with Crippen molar-refractivity contribution in [1.82, 2.24) is 5.32 Å². The van der Waals surface area contributed by atoms with Crippen LogP contribution in [0.5, 0.6) is 0 Å². The van der Waals surface area contributed by atoms with Gasteiger partial charge in [0.15, 0.2) is 0 Å². The molecule has 4 heteroatoms. The van der Waals surface area contributed by atoms with Crippen LogP contribution in [0.3, 0.4) is 0 Å². The highest BCUT2D eigenvalue weighted by Gasteiger charge is 2.49. The van der Waals surface area contributed by atoms with Gasteiger partial charge < -0.3 is 15.8 Å². The highest BCUT2D eigenvalue weighted by Crippen LogP contribution is 2.39. The fourth-order valence-corrected chi connectivity index (χ4v) is 2.41. The molecule has 0 aliphatic heterocycles. The number of likely N-dealkylation sites (N-methyl/N-ethyl adjacent to an activating group) is 1. The summed E-state index contributed by atoms with van der Waals surface area (Å²) in [6.45, 7) is 3.35. The molecule has 1 atom stereocenters. The van der Waals surface area contributed by atoms with E-state index >= 15 is 0 Å². The fraction of sp³-hybridized carbons (Fsp3) is 0.929. The quantitative estimate of drug-likeness (QED) is 0.554. The number of nitrogens with two attached hydrogens (primary N) is 1. The summed E-state index contributed by atoms with van der Waals surface area (Å²) in [6.07, 6.45) is 8.25. The molecular weight excluding hydrogens is 228 g/mol. The molecule has 4 nitrogen and oxygen atoms in total. The van der Waals surface area contributed by atoms with Gasteiger partial charge in [-0.15, -0.1) is 0 Å². The van der Waals surface area contributed by atoms with Crippen molar-refractivity contribution in [2.24, 2.45) is 11.7 Å². The van der Waals surface area contributed by atoms with E-state index in [4.69, 9.17) is 10.5 Å². The van der Waals surface area contributed by atoms with Gasteiger partial charge in [-0.05, 0) is 32.2 Å². The van der Waals surface area contributed by atoms with Crippen molar-refractivity contribution in [1.29, 1.82) is 0 Å². The molecule has 0 aromatic heterocycles. The van der Waals surface area contributed by atoms with Gasteiger partial charge in [-0.3, -0.25) is 4.79 Å². The van der Waals surface area contributed by atoms with E-state index in [9.17, 15) is 4.79 Å². The molecule has 18 heavy (non-hydrogen) atoms. The van der Waals surface area contributed by atoms with Crippen LogP contribution in [-0.2, 0) is 9.53 Å². The Bertz CT molecular complexity index is 254. The minimum Gasteiger partial charge on any atom is -0.379 e. The lowest BCUT2D eigenvalue weighted by atomic mass is 9.93. The van der Waals surface area contributed by atoms with Crippen molar-refractivity contribution in [3.63, 3.8) is 0 Å². The smallest absolute Gasteiger partial charge is 0.240 e. The predicted octanol–water partition coefficient (Wildman–Crippen LogP) is 1.83. The number of hydrogen-bond donors (Lipinski definition) is 2. The summed E-state index contributed by atoms with van der Waals surface area (Å²) in [4.78, 5) is 11.6. The Morgan fingerprint density at radius 1 is 1.33 bits per heavy atom. The summed E-state index contributed by atoms with van der Waals surface area (Å²) in [6, 6.07) is 0. The number of carbonyl (C=O) groups excluding carboxylic acids is 1. The van der Waals surface area contributed by atoms with Gasteiger partial charge in [0.05, 0.1) is 6.61 Å². The second-order valence-electron chi connectivity index (χ2n) is 5.33. The van der Waals surface area contributed by atoms with Gasteiger partial charge >= 0.3 is 0 Å². The topological polar surface area (TPSA) is 64.3 Å². The van der Waals surface area contributed by atoms with Crippen LogP contribution in [0.15, 0.2) is 0 Å². The Morgan fingerprint density at radius 2 is 2.00 bits per heavy atom. The van der Waals surface area contributed by atoms with Gasteiger partial charge in [0.2, 0.25) is 5.91 Å². The molecule has 0 bridgehead atoms. The molecule has 0 saturated heterocycles. The van der Waals surface area contributed by atoms with Gasteiger partial charge in [0, 0.05) is 6.61 Å². The van der Waals surface area contributed by atoms with Crippen LogP contribution in [0.25, 0.3) is 0 Å². The standard InChI is InChI=1S/C14H28N2O2/c1-3-4-5-6-7-10-18-11-14(16-2,13(15)17)12-8-9-12/h12,16H,3-11H2,1-2H3,(H2,15,17). The van der Waals surface area contributed by atoms with Crippen molar-refractivity contribution < 1.29 is 9.53 Å². The lowest BCUT2D eigenvalue weighted by Crippen LogP contribution is -2.59. The van der Waals surface area contributed by atoms with Gasteiger partial charge in [-0.2, -0.15) is 0 Å².